The van der Waals surface area contributed by atoms with E-state index in [0.29, 0.717) is 17.6 Å². The maximum absolute atomic E-state index is 5.87. The first-order valence-corrected chi connectivity index (χ1v) is 7.44. The van der Waals surface area contributed by atoms with Gasteiger partial charge in [-0.1, -0.05) is 27.7 Å². The molecule has 0 atom stereocenters. The van der Waals surface area contributed by atoms with Crippen molar-refractivity contribution in [3.8, 4) is 0 Å². The summed E-state index contributed by atoms with van der Waals surface area (Å²) in [5.74, 6) is 0. The molecule has 0 aromatic rings. The van der Waals surface area contributed by atoms with E-state index in [0.717, 1.165) is 32.7 Å². The molecule has 0 heterocycles. The van der Waals surface area contributed by atoms with Crippen LogP contribution in [0.15, 0.2) is 0 Å². The predicted octanol–water partition coefficient (Wildman–Crippen LogP) is 2.76. The minimum absolute atomic E-state index is 0. The smallest absolute Gasteiger partial charge is 0.0604 e. The van der Waals surface area contributed by atoms with Crippen molar-refractivity contribution >= 4 is 0 Å². The van der Waals surface area contributed by atoms with E-state index in [-0.39, 0.29) is 1.43 Å². The molecule has 1 aliphatic carbocycles. The maximum atomic E-state index is 5.87. The monoisotopic (exact) mass is 258 g/mol. The second-order valence-electron chi connectivity index (χ2n) is 6.87. The van der Waals surface area contributed by atoms with Crippen molar-refractivity contribution in [2.24, 2.45) is 5.41 Å². The highest BCUT2D eigenvalue weighted by atomic mass is 16.5. The van der Waals surface area contributed by atoms with Crippen molar-refractivity contribution in [3.63, 3.8) is 0 Å². The van der Waals surface area contributed by atoms with E-state index in [1.165, 1.54) is 12.8 Å². The summed E-state index contributed by atoms with van der Waals surface area (Å²) >= 11 is 0. The first-order chi connectivity index (χ1) is 8.40. The Hall–Kier alpha value is -0.120. The van der Waals surface area contributed by atoms with Gasteiger partial charge in [-0.3, -0.25) is 0 Å². The van der Waals surface area contributed by atoms with E-state index in [1.807, 2.05) is 0 Å². The molecule has 1 N–H and O–H groups in total. The van der Waals surface area contributed by atoms with Gasteiger partial charge >= 0.3 is 0 Å². The number of nitrogens with zero attached hydrogens (tertiary/aromatic N) is 1. The van der Waals surface area contributed by atoms with Crippen molar-refractivity contribution in [2.45, 2.75) is 59.1 Å². The quantitative estimate of drug-likeness (QED) is 0.678. The van der Waals surface area contributed by atoms with Crippen LogP contribution in [-0.2, 0) is 4.74 Å². The summed E-state index contributed by atoms with van der Waals surface area (Å²) in [6.07, 6.45) is 4.06. The number of ether oxygens (including phenoxy) is 1. The third-order valence-corrected chi connectivity index (χ3v) is 3.37. The van der Waals surface area contributed by atoms with Crippen LogP contribution in [0.5, 0.6) is 0 Å². The largest absolute Gasteiger partial charge is 0.378 e. The highest BCUT2D eigenvalue weighted by molar-refractivity contribution is 4.85. The Morgan fingerprint density at radius 1 is 1.33 bits per heavy atom. The second kappa shape index (κ2) is 7.46. The van der Waals surface area contributed by atoms with Crippen molar-refractivity contribution in [3.05, 3.63) is 0 Å². The molecule has 3 nitrogen and oxygen atoms in total. The highest BCUT2D eigenvalue weighted by Gasteiger charge is 2.28. The van der Waals surface area contributed by atoms with Crippen LogP contribution in [0.4, 0.5) is 0 Å². The zero-order valence-corrected chi connectivity index (χ0v) is 13.0. The summed E-state index contributed by atoms with van der Waals surface area (Å²) in [7, 11) is 2.20. The van der Waals surface area contributed by atoms with Gasteiger partial charge in [-0.05, 0) is 38.3 Å². The standard InChI is InChI=1S/C15H32N2O.H2/c1-6-16-13-10-14(11-13)18-9-7-8-17(5)12-15(2,3)4;/h13-14,16H,6-12H2,1-5H3;1H. The third-order valence-electron chi connectivity index (χ3n) is 3.37. The van der Waals surface area contributed by atoms with Gasteiger partial charge in [-0.2, -0.15) is 0 Å². The second-order valence-corrected chi connectivity index (χ2v) is 6.87. The zero-order chi connectivity index (χ0) is 13.6. The summed E-state index contributed by atoms with van der Waals surface area (Å²) in [6.45, 7) is 13.3. The van der Waals surface area contributed by atoms with Gasteiger partial charge in [0.2, 0.25) is 0 Å². The van der Waals surface area contributed by atoms with E-state index >= 15 is 0 Å². The molecule has 110 valence electrons. The number of nitrogens with one attached hydrogen (secondary N) is 1. The number of hydrogen-bond donors (Lipinski definition) is 1. The van der Waals surface area contributed by atoms with Gasteiger partial charge in [0.05, 0.1) is 6.10 Å². The number of hydrogen-bond acceptors (Lipinski definition) is 3. The van der Waals surface area contributed by atoms with E-state index in [4.69, 9.17) is 4.74 Å². The molecule has 18 heavy (non-hydrogen) atoms. The zero-order valence-electron chi connectivity index (χ0n) is 13.0. The van der Waals surface area contributed by atoms with Gasteiger partial charge in [-0.25, -0.2) is 0 Å². The molecule has 0 unspecified atom stereocenters. The predicted molar refractivity (Wildman–Crippen MR) is 80.1 cm³/mol. The molecule has 1 saturated carbocycles. The van der Waals surface area contributed by atoms with E-state index in [2.05, 4.69) is 45.0 Å². The average Bonchev–Trinajstić information content (AvgIpc) is 2.17. The van der Waals surface area contributed by atoms with Gasteiger partial charge < -0.3 is 15.0 Å². The van der Waals surface area contributed by atoms with Crippen LogP contribution in [-0.4, -0.2) is 50.3 Å². The lowest BCUT2D eigenvalue weighted by Crippen LogP contribution is -2.45. The van der Waals surface area contributed by atoms with Gasteiger partial charge in [0.1, 0.15) is 0 Å². The topological polar surface area (TPSA) is 24.5 Å². The minimum atomic E-state index is 0. The van der Waals surface area contributed by atoms with Crippen LogP contribution in [0.3, 0.4) is 0 Å². The van der Waals surface area contributed by atoms with Gasteiger partial charge in [-0.15, -0.1) is 0 Å². The molecule has 0 spiro atoms. The summed E-state index contributed by atoms with van der Waals surface area (Å²) < 4.78 is 5.87. The van der Waals surface area contributed by atoms with Crippen molar-refractivity contribution < 1.29 is 6.16 Å². The fourth-order valence-corrected chi connectivity index (χ4v) is 2.63. The molecule has 0 aliphatic heterocycles. The molecule has 3 heteroatoms. The summed E-state index contributed by atoms with van der Waals surface area (Å²) in [5, 5.41) is 3.46. The first-order valence-electron chi connectivity index (χ1n) is 7.44. The van der Waals surface area contributed by atoms with E-state index < -0.39 is 0 Å². The Labute approximate surface area is 115 Å². The third kappa shape index (κ3) is 6.72. The van der Waals surface area contributed by atoms with Crippen LogP contribution in [0.2, 0.25) is 0 Å². The Morgan fingerprint density at radius 2 is 2.00 bits per heavy atom. The normalized spacial score (nSPS) is 24.3. The fourth-order valence-electron chi connectivity index (χ4n) is 2.63. The molecule has 1 aliphatic rings. The molecule has 0 aromatic heterocycles. The molecule has 0 aromatic carbocycles. The Kier molecular flexibility index (Phi) is 6.61. The molecule has 0 saturated heterocycles. The molecule has 1 fully saturated rings. The maximum Gasteiger partial charge on any atom is 0.0604 e. The first kappa shape index (κ1) is 15.9. The molecule has 0 bridgehead atoms. The SMILES string of the molecule is CCNC1CC(OCCCN(C)CC(C)(C)C)C1.[HH]. The van der Waals surface area contributed by atoms with Crippen LogP contribution in [0.1, 0.15) is 48.4 Å². The molecule has 1 rings (SSSR count). The average molecular weight is 258 g/mol. The Morgan fingerprint density at radius 3 is 2.56 bits per heavy atom. The van der Waals surface area contributed by atoms with Crippen LogP contribution >= 0.6 is 0 Å². The Balaban J connectivity index is 0.00000324. The lowest BCUT2D eigenvalue weighted by atomic mass is 9.89. The minimum Gasteiger partial charge on any atom is -0.378 e. The van der Waals surface area contributed by atoms with E-state index in [1.54, 1.807) is 0 Å². The fraction of sp³-hybridized carbons (Fsp3) is 1.00. The Bertz CT molecular complexity index is 225. The van der Waals surface area contributed by atoms with Crippen LogP contribution < -0.4 is 5.32 Å². The van der Waals surface area contributed by atoms with Gasteiger partial charge in [0.25, 0.3) is 0 Å². The van der Waals surface area contributed by atoms with Crippen LogP contribution in [0.25, 0.3) is 0 Å². The van der Waals surface area contributed by atoms with Gasteiger partial charge in [0, 0.05) is 27.2 Å². The molecule has 0 radical (unpaired) electrons. The summed E-state index contributed by atoms with van der Waals surface area (Å²) in [4.78, 5) is 2.41. The summed E-state index contributed by atoms with van der Waals surface area (Å²) in [5.41, 5.74) is 0.391. The molecular weight excluding hydrogens is 224 g/mol. The summed E-state index contributed by atoms with van der Waals surface area (Å²) in [6, 6.07) is 0.712. The van der Waals surface area contributed by atoms with Gasteiger partial charge in [0.15, 0.2) is 0 Å². The molecular formula is C15H34N2O. The van der Waals surface area contributed by atoms with Crippen molar-refractivity contribution in [1.82, 2.24) is 10.2 Å². The van der Waals surface area contributed by atoms with E-state index in [9.17, 15) is 0 Å². The van der Waals surface area contributed by atoms with Crippen molar-refractivity contribution in [1.29, 1.82) is 0 Å². The van der Waals surface area contributed by atoms with Crippen LogP contribution in [0, 0.1) is 5.41 Å². The van der Waals surface area contributed by atoms with Crippen molar-refractivity contribution in [2.75, 3.05) is 33.3 Å². The lowest BCUT2D eigenvalue weighted by Gasteiger charge is -2.35. The molecule has 0 amide bonds. The number of rotatable bonds is 8. The lowest BCUT2D eigenvalue weighted by molar-refractivity contribution is -0.0191. The highest BCUT2D eigenvalue weighted by Crippen LogP contribution is 2.23.